The third kappa shape index (κ3) is 3.88. The molecule has 0 aliphatic heterocycles. The van der Waals surface area contributed by atoms with E-state index in [1.807, 2.05) is 36.5 Å². The molecule has 0 aliphatic carbocycles. The van der Waals surface area contributed by atoms with Crippen LogP contribution in [0.4, 0.5) is 11.5 Å². The average Bonchev–Trinajstić information content (AvgIpc) is 2.48. The molecule has 0 aliphatic rings. The first-order valence-corrected chi connectivity index (χ1v) is 6.89. The summed E-state index contributed by atoms with van der Waals surface area (Å²) in [5, 5.41) is 6.61. The molecular formula is C16H21N3O. The van der Waals surface area contributed by atoms with Crippen molar-refractivity contribution in [2.45, 2.75) is 13.3 Å². The second-order valence-electron chi connectivity index (χ2n) is 4.45. The Morgan fingerprint density at radius 3 is 2.80 bits per heavy atom. The standard InChI is InChI=1S/C16H21N3O/c1-3-17-16-12-14(9-11-19-16)18-10-8-13-6-4-5-7-15(13)20-2/h4-7,9,11-12H,3,8,10H2,1-2H3,(H2,17,18,19). The highest BCUT2D eigenvalue weighted by Crippen LogP contribution is 2.18. The molecule has 0 radical (unpaired) electrons. The van der Waals surface area contributed by atoms with E-state index in [1.54, 1.807) is 7.11 Å². The quantitative estimate of drug-likeness (QED) is 0.812. The summed E-state index contributed by atoms with van der Waals surface area (Å²) in [5.41, 5.74) is 2.29. The second-order valence-corrected chi connectivity index (χ2v) is 4.45. The molecule has 2 rings (SSSR count). The average molecular weight is 271 g/mol. The van der Waals surface area contributed by atoms with Gasteiger partial charge < -0.3 is 15.4 Å². The number of nitrogens with one attached hydrogen (secondary N) is 2. The SMILES string of the molecule is CCNc1cc(NCCc2ccccc2OC)ccn1. The predicted octanol–water partition coefficient (Wildman–Crippen LogP) is 3.18. The van der Waals surface area contributed by atoms with Crippen molar-refractivity contribution in [3.05, 3.63) is 48.2 Å². The third-order valence-corrected chi connectivity index (χ3v) is 3.03. The fourth-order valence-electron chi connectivity index (χ4n) is 2.07. The van der Waals surface area contributed by atoms with Crippen LogP contribution < -0.4 is 15.4 Å². The predicted molar refractivity (Wildman–Crippen MR) is 83.6 cm³/mol. The van der Waals surface area contributed by atoms with E-state index in [-0.39, 0.29) is 0 Å². The number of aromatic nitrogens is 1. The second kappa shape index (κ2) is 7.38. The smallest absolute Gasteiger partial charge is 0.127 e. The number of ether oxygens (including phenoxy) is 1. The molecule has 0 unspecified atom stereocenters. The van der Waals surface area contributed by atoms with Crippen LogP contribution in [0.3, 0.4) is 0 Å². The van der Waals surface area contributed by atoms with Gasteiger partial charge in [0.1, 0.15) is 11.6 Å². The van der Waals surface area contributed by atoms with E-state index in [9.17, 15) is 0 Å². The molecule has 20 heavy (non-hydrogen) atoms. The van der Waals surface area contributed by atoms with Gasteiger partial charge in [0.15, 0.2) is 0 Å². The van der Waals surface area contributed by atoms with E-state index in [4.69, 9.17) is 4.74 Å². The first-order chi connectivity index (χ1) is 9.83. The molecule has 0 saturated carbocycles. The molecule has 0 atom stereocenters. The van der Waals surface area contributed by atoms with Crippen molar-refractivity contribution in [3.63, 3.8) is 0 Å². The van der Waals surface area contributed by atoms with Crippen LogP contribution in [-0.4, -0.2) is 25.2 Å². The maximum atomic E-state index is 5.35. The van der Waals surface area contributed by atoms with Crippen LogP contribution >= 0.6 is 0 Å². The minimum Gasteiger partial charge on any atom is -0.496 e. The van der Waals surface area contributed by atoms with Gasteiger partial charge in [-0.25, -0.2) is 4.98 Å². The lowest BCUT2D eigenvalue weighted by Gasteiger charge is -2.10. The molecular weight excluding hydrogens is 250 g/mol. The first kappa shape index (κ1) is 14.2. The summed E-state index contributed by atoms with van der Waals surface area (Å²) < 4.78 is 5.35. The van der Waals surface area contributed by atoms with Gasteiger partial charge >= 0.3 is 0 Å². The minimum absolute atomic E-state index is 0.857. The van der Waals surface area contributed by atoms with Crippen LogP contribution in [-0.2, 0) is 6.42 Å². The molecule has 4 nitrogen and oxygen atoms in total. The summed E-state index contributed by atoms with van der Waals surface area (Å²) >= 11 is 0. The van der Waals surface area contributed by atoms with E-state index in [0.717, 1.165) is 36.8 Å². The molecule has 2 N–H and O–H groups in total. The molecule has 106 valence electrons. The van der Waals surface area contributed by atoms with Crippen molar-refractivity contribution in [1.82, 2.24) is 4.98 Å². The Hall–Kier alpha value is -2.23. The fraction of sp³-hybridized carbons (Fsp3) is 0.312. The Bertz CT molecular complexity index is 543. The normalized spacial score (nSPS) is 10.1. The molecule has 1 aromatic heterocycles. The molecule has 0 amide bonds. The molecule has 0 saturated heterocycles. The third-order valence-electron chi connectivity index (χ3n) is 3.03. The van der Waals surface area contributed by atoms with E-state index in [1.165, 1.54) is 5.56 Å². The van der Waals surface area contributed by atoms with Gasteiger partial charge in [-0.15, -0.1) is 0 Å². The van der Waals surface area contributed by atoms with Crippen LogP contribution in [0.15, 0.2) is 42.6 Å². The van der Waals surface area contributed by atoms with Crippen molar-refractivity contribution in [3.8, 4) is 5.75 Å². The zero-order chi connectivity index (χ0) is 14.2. The van der Waals surface area contributed by atoms with Crippen LogP contribution in [0.2, 0.25) is 0 Å². The highest BCUT2D eigenvalue weighted by molar-refractivity contribution is 5.51. The van der Waals surface area contributed by atoms with Gasteiger partial charge in [0, 0.05) is 31.0 Å². The number of hydrogen-bond acceptors (Lipinski definition) is 4. The maximum absolute atomic E-state index is 5.35. The molecule has 0 spiro atoms. The van der Waals surface area contributed by atoms with Crippen molar-refractivity contribution >= 4 is 11.5 Å². The molecule has 0 fully saturated rings. The highest BCUT2D eigenvalue weighted by Gasteiger charge is 2.01. The molecule has 0 bridgehead atoms. The summed E-state index contributed by atoms with van der Waals surface area (Å²) in [6.07, 6.45) is 2.73. The lowest BCUT2D eigenvalue weighted by molar-refractivity contribution is 0.410. The number of pyridine rings is 1. The van der Waals surface area contributed by atoms with Crippen LogP contribution in [0.5, 0.6) is 5.75 Å². The van der Waals surface area contributed by atoms with Gasteiger partial charge in [-0.05, 0) is 31.0 Å². The zero-order valence-electron chi connectivity index (χ0n) is 12.0. The van der Waals surface area contributed by atoms with Gasteiger partial charge in [-0.1, -0.05) is 18.2 Å². The van der Waals surface area contributed by atoms with Gasteiger partial charge in [0.25, 0.3) is 0 Å². The Balaban J connectivity index is 1.91. The largest absolute Gasteiger partial charge is 0.496 e. The first-order valence-electron chi connectivity index (χ1n) is 6.89. The number of nitrogens with zero attached hydrogens (tertiary/aromatic N) is 1. The van der Waals surface area contributed by atoms with E-state index >= 15 is 0 Å². The Morgan fingerprint density at radius 2 is 2.00 bits per heavy atom. The fourth-order valence-corrected chi connectivity index (χ4v) is 2.07. The Morgan fingerprint density at radius 1 is 1.15 bits per heavy atom. The number of methoxy groups -OCH3 is 1. The highest BCUT2D eigenvalue weighted by atomic mass is 16.5. The van der Waals surface area contributed by atoms with Crippen LogP contribution in [0.25, 0.3) is 0 Å². The topological polar surface area (TPSA) is 46.2 Å². The van der Waals surface area contributed by atoms with Crippen molar-refractivity contribution in [2.24, 2.45) is 0 Å². The van der Waals surface area contributed by atoms with E-state index in [2.05, 4.69) is 28.6 Å². The van der Waals surface area contributed by atoms with Crippen molar-refractivity contribution in [1.29, 1.82) is 0 Å². The van der Waals surface area contributed by atoms with E-state index < -0.39 is 0 Å². The summed E-state index contributed by atoms with van der Waals surface area (Å²) in [5.74, 6) is 1.84. The summed E-state index contributed by atoms with van der Waals surface area (Å²) in [4.78, 5) is 4.25. The number of anilines is 2. The Labute approximate surface area is 120 Å². The van der Waals surface area contributed by atoms with Crippen LogP contribution in [0, 0.1) is 0 Å². The van der Waals surface area contributed by atoms with Crippen molar-refractivity contribution < 1.29 is 4.74 Å². The molecule has 1 aromatic carbocycles. The van der Waals surface area contributed by atoms with Gasteiger partial charge in [0.2, 0.25) is 0 Å². The molecule has 2 aromatic rings. The summed E-state index contributed by atoms with van der Waals surface area (Å²) in [6.45, 7) is 3.79. The number of hydrogen-bond donors (Lipinski definition) is 2. The van der Waals surface area contributed by atoms with Gasteiger partial charge in [-0.2, -0.15) is 0 Å². The number of para-hydroxylation sites is 1. The number of benzene rings is 1. The summed E-state index contributed by atoms with van der Waals surface area (Å²) in [7, 11) is 1.71. The molecule has 4 heteroatoms. The van der Waals surface area contributed by atoms with Gasteiger partial charge in [0.05, 0.1) is 7.11 Å². The zero-order valence-corrected chi connectivity index (χ0v) is 12.0. The lowest BCUT2D eigenvalue weighted by atomic mass is 10.1. The Kier molecular flexibility index (Phi) is 5.24. The monoisotopic (exact) mass is 271 g/mol. The minimum atomic E-state index is 0.857. The van der Waals surface area contributed by atoms with Gasteiger partial charge in [-0.3, -0.25) is 0 Å². The molecule has 1 heterocycles. The van der Waals surface area contributed by atoms with Crippen molar-refractivity contribution in [2.75, 3.05) is 30.8 Å². The lowest BCUT2D eigenvalue weighted by Crippen LogP contribution is -2.07. The van der Waals surface area contributed by atoms with E-state index in [0.29, 0.717) is 0 Å². The summed E-state index contributed by atoms with van der Waals surface area (Å²) in [6, 6.07) is 12.1. The number of rotatable bonds is 7. The maximum Gasteiger partial charge on any atom is 0.127 e. The van der Waals surface area contributed by atoms with Crippen LogP contribution in [0.1, 0.15) is 12.5 Å².